The summed E-state index contributed by atoms with van der Waals surface area (Å²) in [5, 5.41) is 8.98. The van der Waals surface area contributed by atoms with E-state index in [-0.39, 0.29) is 5.41 Å². The fraction of sp³-hybridized carbons (Fsp3) is 0.588. The summed E-state index contributed by atoms with van der Waals surface area (Å²) >= 11 is 0. The van der Waals surface area contributed by atoms with Crippen molar-refractivity contribution >= 4 is 0 Å². The predicted molar refractivity (Wildman–Crippen MR) is 80.6 cm³/mol. The zero-order chi connectivity index (χ0) is 14.1. The molecule has 19 heavy (non-hydrogen) atoms. The molecule has 2 nitrogen and oxygen atoms in total. The van der Waals surface area contributed by atoms with Gasteiger partial charge in [0, 0.05) is 6.54 Å². The van der Waals surface area contributed by atoms with E-state index in [1.807, 2.05) is 13.8 Å². The summed E-state index contributed by atoms with van der Waals surface area (Å²) in [6, 6.07) is 13.0. The molecule has 1 aromatic rings. The molecular formula is C17H26N2. The standard InChI is InChI=1S/C17H26N2/c1-4-19(14-16-10-6-5-7-11-16)13-9-8-12-17(2,3)15-18/h5-7,10-11H,4,8-9,12-14H2,1-3H3. The van der Waals surface area contributed by atoms with Crippen molar-refractivity contribution in [3.8, 4) is 6.07 Å². The smallest absolute Gasteiger partial charge is 0.0683 e. The number of hydrogen-bond donors (Lipinski definition) is 0. The summed E-state index contributed by atoms with van der Waals surface area (Å²) in [6.45, 7) is 9.48. The second-order valence-electron chi connectivity index (χ2n) is 5.81. The van der Waals surface area contributed by atoms with Crippen molar-refractivity contribution in [3.05, 3.63) is 35.9 Å². The Bertz CT molecular complexity index is 389. The van der Waals surface area contributed by atoms with Crippen molar-refractivity contribution in [2.45, 2.75) is 46.6 Å². The zero-order valence-corrected chi connectivity index (χ0v) is 12.5. The number of benzene rings is 1. The molecule has 0 saturated heterocycles. The molecule has 0 amide bonds. The van der Waals surface area contributed by atoms with Crippen LogP contribution in [0.15, 0.2) is 30.3 Å². The highest BCUT2D eigenvalue weighted by Gasteiger charge is 2.15. The highest BCUT2D eigenvalue weighted by atomic mass is 15.1. The first-order valence-corrected chi connectivity index (χ1v) is 7.25. The summed E-state index contributed by atoms with van der Waals surface area (Å²) in [4.78, 5) is 2.47. The largest absolute Gasteiger partial charge is 0.299 e. The molecule has 0 aromatic heterocycles. The molecule has 0 fully saturated rings. The number of nitrogens with zero attached hydrogens (tertiary/aromatic N) is 2. The van der Waals surface area contributed by atoms with Gasteiger partial charge in [-0.1, -0.05) is 43.7 Å². The fourth-order valence-corrected chi connectivity index (χ4v) is 2.15. The maximum atomic E-state index is 8.98. The van der Waals surface area contributed by atoms with Crippen LogP contribution >= 0.6 is 0 Å². The van der Waals surface area contributed by atoms with Crippen molar-refractivity contribution in [2.75, 3.05) is 13.1 Å². The van der Waals surface area contributed by atoms with Crippen molar-refractivity contribution in [1.82, 2.24) is 4.90 Å². The third kappa shape index (κ3) is 6.40. The summed E-state index contributed by atoms with van der Waals surface area (Å²) in [6.07, 6.45) is 3.30. The number of nitriles is 1. The van der Waals surface area contributed by atoms with Gasteiger partial charge in [0.15, 0.2) is 0 Å². The maximum absolute atomic E-state index is 8.98. The summed E-state index contributed by atoms with van der Waals surface area (Å²) in [5.74, 6) is 0. The van der Waals surface area contributed by atoms with E-state index in [0.717, 1.165) is 32.5 Å². The summed E-state index contributed by atoms with van der Waals surface area (Å²) < 4.78 is 0. The van der Waals surface area contributed by atoms with Crippen LogP contribution in [-0.2, 0) is 6.54 Å². The lowest BCUT2D eigenvalue weighted by Gasteiger charge is -2.21. The maximum Gasteiger partial charge on any atom is 0.0683 e. The van der Waals surface area contributed by atoms with Gasteiger partial charge in [-0.2, -0.15) is 5.26 Å². The molecule has 0 bridgehead atoms. The highest BCUT2D eigenvalue weighted by Crippen LogP contribution is 2.21. The zero-order valence-electron chi connectivity index (χ0n) is 12.5. The second-order valence-corrected chi connectivity index (χ2v) is 5.81. The van der Waals surface area contributed by atoms with E-state index >= 15 is 0 Å². The van der Waals surface area contributed by atoms with Crippen molar-refractivity contribution in [3.63, 3.8) is 0 Å². The molecule has 0 radical (unpaired) electrons. The lowest BCUT2D eigenvalue weighted by molar-refractivity contribution is 0.267. The van der Waals surface area contributed by atoms with Gasteiger partial charge in [0.2, 0.25) is 0 Å². The van der Waals surface area contributed by atoms with E-state index in [1.54, 1.807) is 0 Å². The molecule has 0 spiro atoms. The van der Waals surface area contributed by atoms with Crippen molar-refractivity contribution in [2.24, 2.45) is 5.41 Å². The molecule has 0 aliphatic carbocycles. The average molecular weight is 258 g/mol. The number of rotatable bonds is 8. The van der Waals surface area contributed by atoms with Gasteiger partial charge >= 0.3 is 0 Å². The Balaban J connectivity index is 2.28. The van der Waals surface area contributed by atoms with Crippen LogP contribution in [0.5, 0.6) is 0 Å². The molecule has 0 heterocycles. The van der Waals surface area contributed by atoms with E-state index in [9.17, 15) is 0 Å². The molecule has 0 atom stereocenters. The minimum atomic E-state index is -0.170. The van der Waals surface area contributed by atoms with Gasteiger partial charge in [-0.15, -0.1) is 0 Å². The molecule has 0 aliphatic heterocycles. The molecule has 1 aromatic carbocycles. The third-order valence-electron chi connectivity index (χ3n) is 3.53. The van der Waals surface area contributed by atoms with Crippen LogP contribution in [0.1, 0.15) is 45.6 Å². The van der Waals surface area contributed by atoms with Crippen LogP contribution in [0.4, 0.5) is 0 Å². The van der Waals surface area contributed by atoms with Crippen LogP contribution in [0, 0.1) is 16.7 Å². The Morgan fingerprint density at radius 1 is 1.16 bits per heavy atom. The highest BCUT2D eigenvalue weighted by molar-refractivity contribution is 5.14. The molecule has 0 N–H and O–H groups in total. The van der Waals surface area contributed by atoms with Crippen LogP contribution in [0.2, 0.25) is 0 Å². The molecule has 0 saturated carbocycles. The predicted octanol–water partition coefficient (Wildman–Crippen LogP) is 4.23. The first kappa shape index (κ1) is 15.7. The van der Waals surface area contributed by atoms with Gasteiger partial charge in [-0.25, -0.2) is 0 Å². The lowest BCUT2D eigenvalue weighted by atomic mass is 9.89. The SMILES string of the molecule is CCN(CCCCC(C)(C)C#N)Cc1ccccc1. The minimum Gasteiger partial charge on any atom is -0.299 e. The third-order valence-corrected chi connectivity index (χ3v) is 3.53. The molecule has 104 valence electrons. The quantitative estimate of drug-likeness (QED) is 0.652. The Morgan fingerprint density at radius 3 is 2.42 bits per heavy atom. The van der Waals surface area contributed by atoms with Gasteiger partial charge < -0.3 is 0 Å². The van der Waals surface area contributed by atoms with Gasteiger partial charge in [-0.05, 0) is 45.3 Å². The molecular weight excluding hydrogens is 232 g/mol. The van der Waals surface area contributed by atoms with E-state index in [4.69, 9.17) is 5.26 Å². The first-order chi connectivity index (χ1) is 9.07. The molecule has 0 aliphatic rings. The Labute approximate surface area is 118 Å². The van der Waals surface area contributed by atoms with E-state index < -0.39 is 0 Å². The Kier molecular flexibility index (Phi) is 6.59. The number of hydrogen-bond acceptors (Lipinski definition) is 2. The molecule has 0 unspecified atom stereocenters. The second kappa shape index (κ2) is 7.96. The normalized spacial score (nSPS) is 11.5. The fourth-order valence-electron chi connectivity index (χ4n) is 2.15. The van der Waals surface area contributed by atoms with Crippen LogP contribution < -0.4 is 0 Å². The van der Waals surface area contributed by atoms with E-state index in [0.29, 0.717) is 0 Å². The van der Waals surface area contributed by atoms with Gasteiger partial charge in [-0.3, -0.25) is 4.90 Å². The number of unbranched alkanes of at least 4 members (excludes halogenated alkanes) is 1. The average Bonchev–Trinajstić information content (AvgIpc) is 2.43. The minimum absolute atomic E-state index is 0.170. The van der Waals surface area contributed by atoms with Gasteiger partial charge in [0.05, 0.1) is 11.5 Å². The summed E-state index contributed by atoms with van der Waals surface area (Å²) in [5.41, 5.74) is 1.21. The Morgan fingerprint density at radius 2 is 1.84 bits per heavy atom. The van der Waals surface area contributed by atoms with E-state index in [2.05, 4.69) is 48.2 Å². The monoisotopic (exact) mass is 258 g/mol. The van der Waals surface area contributed by atoms with E-state index in [1.165, 1.54) is 12.0 Å². The molecule has 2 heteroatoms. The Hall–Kier alpha value is -1.33. The van der Waals surface area contributed by atoms with Crippen molar-refractivity contribution in [1.29, 1.82) is 5.26 Å². The summed E-state index contributed by atoms with van der Waals surface area (Å²) in [7, 11) is 0. The first-order valence-electron chi connectivity index (χ1n) is 7.25. The van der Waals surface area contributed by atoms with Gasteiger partial charge in [0.25, 0.3) is 0 Å². The lowest BCUT2D eigenvalue weighted by Crippen LogP contribution is -2.24. The topological polar surface area (TPSA) is 27.0 Å². The van der Waals surface area contributed by atoms with Crippen LogP contribution in [-0.4, -0.2) is 18.0 Å². The van der Waals surface area contributed by atoms with Crippen LogP contribution in [0.3, 0.4) is 0 Å². The molecule has 1 rings (SSSR count). The van der Waals surface area contributed by atoms with Crippen molar-refractivity contribution < 1.29 is 0 Å². The van der Waals surface area contributed by atoms with Crippen LogP contribution in [0.25, 0.3) is 0 Å². The van der Waals surface area contributed by atoms with Gasteiger partial charge in [0.1, 0.15) is 0 Å².